The van der Waals surface area contributed by atoms with E-state index in [1.165, 1.54) is 22.6 Å². The SMILES string of the molecule is O=C(O)CCN(C(=O)Cc1cccs1)c1ncn[nH]1. The molecule has 0 radical (unpaired) electrons. The molecule has 0 aliphatic carbocycles. The molecule has 0 atom stereocenters. The first-order chi connectivity index (χ1) is 9.16. The molecule has 2 N–H and O–H groups in total. The van der Waals surface area contributed by atoms with Crippen LogP contribution < -0.4 is 4.90 Å². The molecule has 0 aliphatic heterocycles. The molecule has 2 rings (SSSR count). The van der Waals surface area contributed by atoms with Crippen molar-refractivity contribution in [2.24, 2.45) is 0 Å². The average Bonchev–Trinajstić information content (AvgIpc) is 3.01. The summed E-state index contributed by atoms with van der Waals surface area (Å²) in [4.78, 5) is 28.9. The van der Waals surface area contributed by atoms with Gasteiger partial charge in [0.2, 0.25) is 11.9 Å². The highest BCUT2D eigenvalue weighted by atomic mass is 32.1. The van der Waals surface area contributed by atoms with Gasteiger partial charge in [0.05, 0.1) is 12.8 Å². The second-order valence-electron chi connectivity index (χ2n) is 3.75. The molecule has 0 saturated heterocycles. The number of carbonyl (C=O) groups is 2. The Morgan fingerprint density at radius 2 is 2.32 bits per heavy atom. The number of nitrogens with zero attached hydrogens (tertiary/aromatic N) is 3. The molecule has 7 nitrogen and oxygen atoms in total. The zero-order chi connectivity index (χ0) is 13.7. The van der Waals surface area contributed by atoms with E-state index in [1.54, 1.807) is 0 Å². The number of amides is 1. The maximum atomic E-state index is 12.2. The van der Waals surface area contributed by atoms with Crippen molar-refractivity contribution >= 4 is 29.2 Å². The van der Waals surface area contributed by atoms with Gasteiger partial charge in [-0.25, -0.2) is 5.10 Å². The maximum Gasteiger partial charge on any atom is 0.305 e. The third kappa shape index (κ3) is 3.62. The van der Waals surface area contributed by atoms with Crippen LogP contribution in [-0.4, -0.2) is 38.7 Å². The van der Waals surface area contributed by atoms with E-state index < -0.39 is 5.97 Å². The van der Waals surface area contributed by atoms with E-state index in [9.17, 15) is 9.59 Å². The summed E-state index contributed by atoms with van der Waals surface area (Å²) >= 11 is 1.48. The van der Waals surface area contributed by atoms with E-state index >= 15 is 0 Å². The van der Waals surface area contributed by atoms with E-state index in [-0.39, 0.29) is 31.2 Å². The minimum Gasteiger partial charge on any atom is -0.481 e. The first kappa shape index (κ1) is 13.2. The highest BCUT2D eigenvalue weighted by molar-refractivity contribution is 7.10. The monoisotopic (exact) mass is 280 g/mol. The minimum atomic E-state index is -0.964. The molecule has 0 fully saturated rings. The third-order valence-corrected chi connectivity index (χ3v) is 3.29. The zero-order valence-electron chi connectivity index (χ0n) is 9.94. The number of aromatic amines is 1. The Morgan fingerprint density at radius 3 is 2.89 bits per heavy atom. The molecule has 19 heavy (non-hydrogen) atoms. The minimum absolute atomic E-state index is 0.0642. The third-order valence-electron chi connectivity index (χ3n) is 2.41. The van der Waals surface area contributed by atoms with Crippen molar-refractivity contribution in [3.8, 4) is 0 Å². The van der Waals surface area contributed by atoms with Crippen LogP contribution in [0, 0.1) is 0 Å². The second-order valence-corrected chi connectivity index (χ2v) is 4.79. The molecular weight excluding hydrogens is 268 g/mol. The van der Waals surface area contributed by atoms with Crippen molar-refractivity contribution in [3.05, 3.63) is 28.7 Å². The number of thiophene rings is 1. The fourth-order valence-electron chi connectivity index (χ4n) is 1.54. The van der Waals surface area contributed by atoms with Gasteiger partial charge in [-0.15, -0.1) is 11.3 Å². The number of aromatic nitrogens is 3. The summed E-state index contributed by atoms with van der Waals surface area (Å²) in [5.41, 5.74) is 0. The van der Waals surface area contributed by atoms with E-state index in [2.05, 4.69) is 15.2 Å². The molecular formula is C11H12N4O3S. The molecule has 2 aromatic heterocycles. The summed E-state index contributed by atoms with van der Waals surface area (Å²) < 4.78 is 0. The number of H-pyrrole nitrogens is 1. The van der Waals surface area contributed by atoms with Crippen LogP contribution in [0.5, 0.6) is 0 Å². The Morgan fingerprint density at radius 1 is 1.47 bits per heavy atom. The number of hydrogen-bond acceptors (Lipinski definition) is 5. The van der Waals surface area contributed by atoms with Crippen LogP contribution >= 0.6 is 11.3 Å². The van der Waals surface area contributed by atoms with Crippen LogP contribution in [0.25, 0.3) is 0 Å². The molecule has 1 amide bonds. The lowest BCUT2D eigenvalue weighted by atomic mass is 10.3. The fraction of sp³-hybridized carbons (Fsp3) is 0.273. The first-order valence-corrected chi connectivity index (χ1v) is 6.44. The maximum absolute atomic E-state index is 12.2. The molecule has 0 saturated carbocycles. The van der Waals surface area contributed by atoms with Crippen LogP contribution in [-0.2, 0) is 16.0 Å². The average molecular weight is 280 g/mol. The van der Waals surface area contributed by atoms with Gasteiger partial charge < -0.3 is 5.11 Å². The van der Waals surface area contributed by atoms with E-state index in [0.29, 0.717) is 0 Å². The predicted molar refractivity (Wildman–Crippen MR) is 69.0 cm³/mol. The lowest BCUT2D eigenvalue weighted by Gasteiger charge is -2.18. The standard InChI is InChI=1S/C11H12N4O3S/c16-9(6-8-2-1-5-19-8)15(4-3-10(17)18)11-12-7-13-14-11/h1-2,5,7H,3-4,6H2,(H,17,18)(H,12,13,14). The van der Waals surface area contributed by atoms with E-state index in [4.69, 9.17) is 5.11 Å². The van der Waals surface area contributed by atoms with Crippen LogP contribution in [0.3, 0.4) is 0 Å². The highest BCUT2D eigenvalue weighted by Gasteiger charge is 2.19. The lowest BCUT2D eigenvalue weighted by Crippen LogP contribution is -2.35. The van der Waals surface area contributed by atoms with Gasteiger partial charge >= 0.3 is 5.97 Å². The number of aliphatic carboxylic acids is 1. The molecule has 2 heterocycles. The molecule has 2 aromatic rings. The number of anilines is 1. The summed E-state index contributed by atoms with van der Waals surface area (Å²) in [5.74, 6) is -0.906. The quantitative estimate of drug-likeness (QED) is 0.819. The molecule has 0 aliphatic rings. The molecule has 0 bridgehead atoms. The zero-order valence-corrected chi connectivity index (χ0v) is 10.8. The van der Waals surface area contributed by atoms with Gasteiger partial charge in [0, 0.05) is 11.4 Å². The summed E-state index contributed by atoms with van der Waals surface area (Å²) in [6, 6.07) is 3.72. The number of carboxylic acid groups (broad SMARTS) is 1. The number of carboxylic acids is 1. The highest BCUT2D eigenvalue weighted by Crippen LogP contribution is 2.13. The second kappa shape index (κ2) is 6.10. The smallest absolute Gasteiger partial charge is 0.305 e. The lowest BCUT2D eigenvalue weighted by molar-refractivity contribution is -0.136. The molecule has 8 heteroatoms. The van der Waals surface area contributed by atoms with Gasteiger partial charge in [0.1, 0.15) is 6.33 Å². The van der Waals surface area contributed by atoms with Gasteiger partial charge in [0.15, 0.2) is 0 Å². The van der Waals surface area contributed by atoms with Gasteiger partial charge in [-0.3, -0.25) is 14.5 Å². The van der Waals surface area contributed by atoms with Crippen molar-refractivity contribution in [1.82, 2.24) is 15.2 Å². The van der Waals surface area contributed by atoms with Gasteiger partial charge in [-0.1, -0.05) is 6.07 Å². The largest absolute Gasteiger partial charge is 0.481 e. The number of hydrogen-bond donors (Lipinski definition) is 2. The number of rotatable bonds is 6. The summed E-state index contributed by atoms with van der Waals surface area (Å²) in [6.07, 6.45) is 1.36. The van der Waals surface area contributed by atoms with Crippen molar-refractivity contribution in [2.75, 3.05) is 11.4 Å². The Bertz CT molecular complexity index is 538. The Labute approximate surface area is 112 Å². The first-order valence-electron chi connectivity index (χ1n) is 5.56. The Kier molecular flexibility index (Phi) is 4.24. The van der Waals surface area contributed by atoms with E-state index in [0.717, 1.165) is 4.88 Å². The Hall–Kier alpha value is -2.22. The predicted octanol–water partition coefficient (Wildman–Crippen LogP) is 0.917. The van der Waals surface area contributed by atoms with Crippen molar-refractivity contribution < 1.29 is 14.7 Å². The summed E-state index contributed by atoms with van der Waals surface area (Å²) in [5, 5.41) is 16.9. The summed E-state index contributed by atoms with van der Waals surface area (Å²) in [7, 11) is 0. The number of carbonyl (C=O) groups excluding carboxylic acids is 1. The Balaban J connectivity index is 2.08. The van der Waals surface area contributed by atoms with Gasteiger partial charge in [-0.05, 0) is 11.4 Å². The van der Waals surface area contributed by atoms with Crippen LogP contribution in [0.2, 0.25) is 0 Å². The fourth-order valence-corrected chi connectivity index (χ4v) is 2.24. The number of nitrogens with one attached hydrogen (secondary N) is 1. The molecule has 100 valence electrons. The summed E-state index contributed by atoms with van der Waals surface area (Å²) in [6.45, 7) is 0.0642. The topological polar surface area (TPSA) is 99.2 Å². The molecule has 0 unspecified atom stereocenters. The van der Waals surface area contributed by atoms with Gasteiger partial charge in [0.25, 0.3) is 0 Å². The van der Waals surface area contributed by atoms with Crippen LogP contribution in [0.15, 0.2) is 23.8 Å². The van der Waals surface area contributed by atoms with Crippen molar-refractivity contribution in [1.29, 1.82) is 0 Å². The van der Waals surface area contributed by atoms with Crippen LogP contribution in [0.4, 0.5) is 5.95 Å². The van der Waals surface area contributed by atoms with E-state index in [1.807, 2.05) is 17.5 Å². The molecule has 0 aromatic carbocycles. The van der Waals surface area contributed by atoms with Crippen molar-refractivity contribution in [3.63, 3.8) is 0 Å². The van der Waals surface area contributed by atoms with Crippen molar-refractivity contribution in [2.45, 2.75) is 12.8 Å². The molecule has 0 spiro atoms. The van der Waals surface area contributed by atoms with Gasteiger partial charge in [-0.2, -0.15) is 10.1 Å². The normalized spacial score (nSPS) is 10.3. The van der Waals surface area contributed by atoms with Crippen LogP contribution in [0.1, 0.15) is 11.3 Å².